The highest BCUT2D eigenvalue weighted by Crippen LogP contribution is 2.23. The summed E-state index contributed by atoms with van der Waals surface area (Å²) in [6.07, 6.45) is 0. The first-order chi connectivity index (χ1) is 12.1. The number of hydrogen-bond donors (Lipinski definition) is 3. The summed E-state index contributed by atoms with van der Waals surface area (Å²) in [5, 5.41) is 7.12. The Bertz CT molecular complexity index is 1120. The molecule has 0 fully saturated rings. The van der Waals surface area contributed by atoms with Crippen LogP contribution >= 0.6 is 11.6 Å². The van der Waals surface area contributed by atoms with Gasteiger partial charge in [0.1, 0.15) is 0 Å². The molecule has 2 aromatic heterocycles. The minimum atomic E-state index is -0.416. The van der Waals surface area contributed by atoms with E-state index in [4.69, 9.17) is 16.1 Å². The Kier molecular flexibility index (Phi) is 3.62. The smallest absolute Gasteiger partial charge is 0.323 e. The van der Waals surface area contributed by atoms with E-state index >= 15 is 0 Å². The van der Waals surface area contributed by atoms with Crippen molar-refractivity contribution in [1.82, 2.24) is 15.1 Å². The van der Waals surface area contributed by atoms with Gasteiger partial charge >= 0.3 is 5.69 Å². The molecule has 2 heterocycles. The van der Waals surface area contributed by atoms with Crippen LogP contribution in [0.4, 0.5) is 5.69 Å². The highest BCUT2D eigenvalue weighted by Gasteiger charge is 2.14. The fourth-order valence-electron chi connectivity index (χ4n) is 2.44. The summed E-state index contributed by atoms with van der Waals surface area (Å²) in [5.74, 6) is 0.0495. The average molecular weight is 355 g/mol. The Balaban J connectivity index is 1.56. The van der Waals surface area contributed by atoms with Crippen molar-refractivity contribution < 1.29 is 9.32 Å². The average Bonchev–Trinajstić information content (AvgIpc) is 3.21. The summed E-state index contributed by atoms with van der Waals surface area (Å²) in [7, 11) is 0. The molecule has 0 spiro atoms. The first-order valence-corrected chi connectivity index (χ1v) is 7.72. The highest BCUT2D eigenvalue weighted by atomic mass is 35.5. The molecule has 3 N–H and O–H groups in total. The van der Waals surface area contributed by atoms with Crippen molar-refractivity contribution >= 4 is 34.2 Å². The summed E-state index contributed by atoms with van der Waals surface area (Å²) in [4.78, 5) is 28.9. The third-order valence-corrected chi connectivity index (χ3v) is 3.90. The molecule has 0 radical (unpaired) electrons. The molecule has 8 heteroatoms. The van der Waals surface area contributed by atoms with E-state index in [0.717, 1.165) is 5.56 Å². The zero-order chi connectivity index (χ0) is 17.4. The zero-order valence-electron chi connectivity index (χ0n) is 12.7. The lowest BCUT2D eigenvalue weighted by Crippen LogP contribution is -2.12. The molecule has 0 saturated heterocycles. The number of carbonyl (C=O) groups is 1. The molecule has 0 unspecified atom stereocenters. The molecular weight excluding hydrogens is 344 g/mol. The molecule has 0 bridgehead atoms. The minimum absolute atomic E-state index is 0.146. The maximum atomic E-state index is 12.3. The van der Waals surface area contributed by atoms with Gasteiger partial charge in [0.2, 0.25) is 0 Å². The Hall–Kier alpha value is -3.32. The van der Waals surface area contributed by atoms with E-state index in [-0.39, 0.29) is 11.4 Å². The second-order valence-corrected chi connectivity index (χ2v) is 5.81. The molecule has 0 aliphatic carbocycles. The van der Waals surface area contributed by atoms with Crippen molar-refractivity contribution in [3.8, 4) is 11.3 Å². The molecule has 7 nitrogen and oxygen atoms in total. The molecule has 0 aliphatic heterocycles. The van der Waals surface area contributed by atoms with E-state index in [1.807, 2.05) is 0 Å². The standard InChI is InChI=1S/C17H11ClN4O3/c18-10-3-1-9(2-4-10)15-8-14(22-25-15)16(23)19-11-5-6-12-13(7-11)21-17(24)20-12/h1-8H,(H,19,23)(H2,20,21,24). The number of anilines is 1. The van der Waals surface area contributed by atoms with Gasteiger partial charge in [0.25, 0.3) is 5.91 Å². The molecule has 2 aromatic carbocycles. The number of halogens is 1. The monoisotopic (exact) mass is 354 g/mol. The minimum Gasteiger partial charge on any atom is -0.355 e. The van der Waals surface area contributed by atoms with Crippen LogP contribution in [0.2, 0.25) is 5.02 Å². The Labute approximate surface area is 145 Å². The van der Waals surface area contributed by atoms with Gasteiger partial charge in [-0.3, -0.25) is 4.79 Å². The number of carbonyl (C=O) groups excluding carboxylic acids is 1. The third kappa shape index (κ3) is 3.05. The number of H-pyrrole nitrogens is 2. The zero-order valence-corrected chi connectivity index (χ0v) is 13.4. The highest BCUT2D eigenvalue weighted by molar-refractivity contribution is 6.30. The van der Waals surface area contributed by atoms with Gasteiger partial charge in [-0.2, -0.15) is 0 Å². The predicted octanol–water partition coefficient (Wildman–Crippen LogP) is 3.42. The molecule has 4 rings (SSSR count). The lowest BCUT2D eigenvalue weighted by atomic mass is 10.1. The van der Waals surface area contributed by atoms with Gasteiger partial charge < -0.3 is 19.8 Å². The molecule has 124 valence electrons. The van der Waals surface area contributed by atoms with Crippen molar-refractivity contribution in [2.24, 2.45) is 0 Å². The molecule has 25 heavy (non-hydrogen) atoms. The lowest BCUT2D eigenvalue weighted by molar-refractivity contribution is 0.101. The molecule has 0 saturated carbocycles. The largest absolute Gasteiger partial charge is 0.355 e. The number of amides is 1. The molecule has 4 aromatic rings. The van der Waals surface area contributed by atoms with Gasteiger partial charge in [0.15, 0.2) is 11.5 Å². The van der Waals surface area contributed by atoms with Gasteiger partial charge in [0.05, 0.1) is 11.0 Å². The van der Waals surface area contributed by atoms with Crippen molar-refractivity contribution in [2.45, 2.75) is 0 Å². The van der Waals surface area contributed by atoms with Gasteiger partial charge in [-0.25, -0.2) is 4.79 Å². The van der Waals surface area contributed by atoms with Gasteiger partial charge in [0, 0.05) is 22.3 Å². The van der Waals surface area contributed by atoms with E-state index in [9.17, 15) is 9.59 Å². The predicted molar refractivity (Wildman–Crippen MR) is 93.8 cm³/mol. The van der Waals surface area contributed by atoms with E-state index in [2.05, 4.69) is 20.4 Å². The van der Waals surface area contributed by atoms with Crippen LogP contribution in [0.3, 0.4) is 0 Å². The molecular formula is C17H11ClN4O3. The maximum Gasteiger partial charge on any atom is 0.323 e. The van der Waals surface area contributed by atoms with Crippen molar-refractivity contribution in [2.75, 3.05) is 5.32 Å². The van der Waals surface area contributed by atoms with E-state index in [0.29, 0.717) is 27.5 Å². The summed E-state index contributed by atoms with van der Waals surface area (Å²) >= 11 is 5.85. The van der Waals surface area contributed by atoms with Crippen LogP contribution in [0.15, 0.2) is 57.8 Å². The Morgan fingerprint density at radius 2 is 1.80 bits per heavy atom. The first kappa shape index (κ1) is 15.2. The number of nitrogens with one attached hydrogen (secondary N) is 3. The van der Waals surface area contributed by atoms with Crippen LogP contribution in [0.1, 0.15) is 10.5 Å². The summed E-state index contributed by atoms with van der Waals surface area (Å²) < 4.78 is 5.22. The van der Waals surface area contributed by atoms with E-state index < -0.39 is 5.91 Å². The summed E-state index contributed by atoms with van der Waals surface area (Å²) in [6, 6.07) is 13.6. The third-order valence-electron chi connectivity index (χ3n) is 3.65. The van der Waals surface area contributed by atoms with Gasteiger partial charge in [-0.1, -0.05) is 16.8 Å². The number of aromatic amines is 2. The maximum absolute atomic E-state index is 12.3. The van der Waals surface area contributed by atoms with Crippen LogP contribution in [-0.2, 0) is 0 Å². The number of imidazole rings is 1. The summed E-state index contributed by atoms with van der Waals surface area (Å²) in [6.45, 7) is 0. The summed E-state index contributed by atoms with van der Waals surface area (Å²) in [5.41, 5.74) is 2.40. The molecule has 1 amide bonds. The van der Waals surface area contributed by atoms with Crippen molar-refractivity contribution in [3.05, 3.63) is 69.7 Å². The Morgan fingerprint density at radius 3 is 2.60 bits per heavy atom. The Morgan fingerprint density at radius 1 is 1.04 bits per heavy atom. The number of benzene rings is 2. The van der Waals surface area contributed by atoms with Crippen molar-refractivity contribution in [1.29, 1.82) is 0 Å². The molecule has 0 aliphatic rings. The number of rotatable bonds is 3. The van der Waals surface area contributed by atoms with E-state index in [1.165, 1.54) is 0 Å². The number of aromatic nitrogens is 3. The van der Waals surface area contributed by atoms with Crippen LogP contribution in [-0.4, -0.2) is 21.0 Å². The number of hydrogen-bond acceptors (Lipinski definition) is 4. The van der Waals surface area contributed by atoms with Crippen LogP contribution < -0.4 is 11.0 Å². The normalized spacial score (nSPS) is 10.9. The SMILES string of the molecule is O=C(Nc1ccc2[nH]c(=O)[nH]c2c1)c1cc(-c2ccc(Cl)cc2)on1. The van der Waals surface area contributed by atoms with Crippen LogP contribution in [0.5, 0.6) is 0 Å². The first-order valence-electron chi connectivity index (χ1n) is 7.34. The lowest BCUT2D eigenvalue weighted by Gasteiger charge is -2.02. The number of fused-ring (bicyclic) bond motifs is 1. The van der Waals surface area contributed by atoms with Crippen LogP contribution in [0.25, 0.3) is 22.4 Å². The fourth-order valence-corrected chi connectivity index (χ4v) is 2.56. The van der Waals surface area contributed by atoms with Crippen LogP contribution in [0, 0.1) is 0 Å². The molecule has 0 atom stereocenters. The topological polar surface area (TPSA) is 104 Å². The van der Waals surface area contributed by atoms with E-state index in [1.54, 1.807) is 48.5 Å². The number of nitrogens with zero attached hydrogens (tertiary/aromatic N) is 1. The van der Waals surface area contributed by atoms with Gasteiger partial charge in [-0.15, -0.1) is 0 Å². The van der Waals surface area contributed by atoms with Gasteiger partial charge in [-0.05, 0) is 42.5 Å². The second kappa shape index (κ2) is 5.95. The second-order valence-electron chi connectivity index (χ2n) is 5.38. The quantitative estimate of drug-likeness (QED) is 0.524. The van der Waals surface area contributed by atoms with Crippen molar-refractivity contribution in [3.63, 3.8) is 0 Å². The fraction of sp³-hybridized carbons (Fsp3) is 0.